The van der Waals surface area contributed by atoms with E-state index in [0.717, 1.165) is 9.13 Å². The Morgan fingerprint density at radius 2 is 1.77 bits per heavy atom. The molecule has 2 atom stereocenters. The van der Waals surface area contributed by atoms with Crippen molar-refractivity contribution in [2.45, 2.75) is 19.1 Å². The summed E-state index contributed by atoms with van der Waals surface area (Å²) in [6.45, 7) is 1.83. The van der Waals surface area contributed by atoms with E-state index in [2.05, 4.69) is 27.9 Å². The molecular formula is C16H15ClINO3. The Bertz CT molecular complexity index is 676. The monoisotopic (exact) mass is 431 g/mol. The molecule has 0 saturated heterocycles. The van der Waals surface area contributed by atoms with Gasteiger partial charge in [-0.05, 0) is 64.4 Å². The molecule has 0 aromatic heterocycles. The minimum absolute atomic E-state index is 0.599. The van der Waals surface area contributed by atoms with Gasteiger partial charge >= 0.3 is 6.09 Å². The van der Waals surface area contributed by atoms with Crippen molar-refractivity contribution in [1.29, 1.82) is 0 Å². The maximum Gasteiger partial charge on any atom is 0.405 e. The van der Waals surface area contributed by atoms with E-state index < -0.39 is 18.2 Å². The molecule has 4 nitrogen and oxygen atoms in total. The number of hydrogen-bond donors (Lipinski definition) is 3. The number of rotatable bonds is 4. The maximum absolute atomic E-state index is 11.1. The lowest BCUT2D eigenvalue weighted by atomic mass is 9.95. The van der Waals surface area contributed by atoms with Gasteiger partial charge in [0.05, 0.1) is 6.04 Å². The SMILES string of the molecule is Cc1cc(C(NC(=O)O)C(O)c2ccc(I)cc2)ccc1Cl. The van der Waals surface area contributed by atoms with E-state index in [9.17, 15) is 9.90 Å². The molecule has 2 aromatic carbocycles. The van der Waals surface area contributed by atoms with Crippen LogP contribution in [0.5, 0.6) is 0 Å². The van der Waals surface area contributed by atoms with Crippen LogP contribution in [0.25, 0.3) is 0 Å². The summed E-state index contributed by atoms with van der Waals surface area (Å²) in [6, 6.07) is 11.7. The van der Waals surface area contributed by atoms with Gasteiger partial charge in [-0.25, -0.2) is 4.79 Å². The number of aliphatic hydroxyl groups is 1. The van der Waals surface area contributed by atoms with Gasteiger partial charge in [0.1, 0.15) is 6.10 Å². The second-order valence-electron chi connectivity index (χ2n) is 4.93. The molecule has 0 aliphatic heterocycles. The molecule has 2 rings (SSSR count). The summed E-state index contributed by atoms with van der Waals surface area (Å²) >= 11 is 8.18. The lowest BCUT2D eigenvalue weighted by molar-refractivity contribution is 0.120. The molecule has 0 aliphatic rings. The van der Waals surface area contributed by atoms with E-state index in [4.69, 9.17) is 16.7 Å². The normalized spacial score (nSPS) is 13.5. The summed E-state index contributed by atoms with van der Waals surface area (Å²) in [6.07, 6.45) is -2.18. The molecule has 0 heterocycles. The zero-order valence-electron chi connectivity index (χ0n) is 11.8. The van der Waals surface area contributed by atoms with Crippen LogP contribution in [0.1, 0.15) is 28.8 Å². The predicted octanol–water partition coefficient (Wildman–Crippen LogP) is 4.30. The highest BCUT2D eigenvalue weighted by molar-refractivity contribution is 14.1. The van der Waals surface area contributed by atoms with Crippen LogP contribution < -0.4 is 5.32 Å². The van der Waals surface area contributed by atoms with E-state index in [-0.39, 0.29) is 0 Å². The number of nitrogens with one attached hydrogen (secondary N) is 1. The van der Waals surface area contributed by atoms with Gasteiger partial charge < -0.3 is 15.5 Å². The first-order chi connectivity index (χ1) is 10.4. The number of amides is 1. The fourth-order valence-electron chi connectivity index (χ4n) is 2.19. The van der Waals surface area contributed by atoms with E-state index in [1.54, 1.807) is 30.3 Å². The minimum atomic E-state index is -1.19. The average molecular weight is 432 g/mol. The average Bonchev–Trinajstić information content (AvgIpc) is 2.48. The van der Waals surface area contributed by atoms with Gasteiger partial charge in [-0.2, -0.15) is 0 Å². The van der Waals surface area contributed by atoms with Crippen LogP contribution in [0.3, 0.4) is 0 Å². The maximum atomic E-state index is 11.1. The Morgan fingerprint density at radius 1 is 1.18 bits per heavy atom. The topological polar surface area (TPSA) is 69.6 Å². The van der Waals surface area contributed by atoms with Crippen molar-refractivity contribution < 1.29 is 15.0 Å². The molecule has 0 bridgehead atoms. The highest BCUT2D eigenvalue weighted by Crippen LogP contribution is 2.31. The molecule has 0 radical (unpaired) electrons. The number of hydrogen-bond acceptors (Lipinski definition) is 2. The first-order valence-electron chi connectivity index (χ1n) is 6.57. The highest BCUT2D eigenvalue weighted by atomic mass is 127. The van der Waals surface area contributed by atoms with Crippen molar-refractivity contribution in [2.75, 3.05) is 0 Å². The van der Waals surface area contributed by atoms with Crippen LogP contribution >= 0.6 is 34.2 Å². The van der Waals surface area contributed by atoms with E-state index >= 15 is 0 Å². The van der Waals surface area contributed by atoms with Crippen molar-refractivity contribution in [2.24, 2.45) is 0 Å². The molecule has 116 valence electrons. The van der Waals surface area contributed by atoms with Crippen molar-refractivity contribution >= 4 is 40.3 Å². The van der Waals surface area contributed by atoms with Crippen molar-refractivity contribution in [3.8, 4) is 0 Å². The first kappa shape index (κ1) is 17.1. The minimum Gasteiger partial charge on any atom is -0.465 e. The highest BCUT2D eigenvalue weighted by Gasteiger charge is 2.25. The van der Waals surface area contributed by atoms with E-state index in [1.165, 1.54) is 0 Å². The van der Waals surface area contributed by atoms with Gasteiger partial charge in [0.15, 0.2) is 0 Å². The third-order valence-corrected chi connectivity index (χ3v) is 4.49. The summed E-state index contributed by atoms with van der Waals surface area (Å²) in [7, 11) is 0. The summed E-state index contributed by atoms with van der Waals surface area (Å²) in [5.41, 5.74) is 2.13. The Morgan fingerprint density at radius 3 is 2.32 bits per heavy atom. The lowest BCUT2D eigenvalue weighted by Crippen LogP contribution is -2.31. The second-order valence-corrected chi connectivity index (χ2v) is 6.59. The Kier molecular flexibility index (Phi) is 5.66. The van der Waals surface area contributed by atoms with E-state index in [1.807, 2.05) is 19.1 Å². The van der Waals surface area contributed by atoms with Gasteiger partial charge in [0.25, 0.3) is 0 Å². The third-order valence-electron chi connectivity index (χ3n) is 3.35. The molecule has 0 fully saturated rings. The molecule has 2 aromatic rings. The van der Waals surface area contributed by atoms with Crippen LogP contribution in [0.2, 0.25) is 5.02 Å². The van der Waals surface area contributed by atoms with Gasteiger partial charge in [0.2, 0.25) is 0 Å². The molecule has 0 aliphatic carbocycles. The summed E-state index contributed by atoms with van der Waals surface area (Å²) < 4.78 is 1.04. The Labute approximate surface area is 147 Å². The molecule has 1 amide bonds. The summed E-state index contributed by atoms with van der Waals surface area (Å²) in [4.78, 5) is 11.1. The Hall–Kier alpha value is -1.31. The molecule has 22 heavy (non-hydrogen) atoms. The molecule has 6 heteroatoms. The second kappa shape index (κ2) is 7.30. The summed E-state index contributed by atoms with van der Waals surface area (Å²) in [5.74, 6) is 0. The zero-order chi connectivity index (χ0) is 16.3. The zero-order valence-corrected chi connectivity index (χ0v) is 14.7. The summed E-state index contributed by atoms with van der Waals surface area (Å²) in [5, 5.41) is 22.6. The fourth-order valence-corrected chi connectivity index (χ4v) is 2.67. The Balaban J connectivity index is 2.38. The first-order valence-corrected chi connectivity index (χ1v) is 8.03. The van der Waals surface area contributed by atoms with Gasteiger partial charge in [-0.1, -0.05) is 35.9 Å². The smallest absolute Gasteiger partial charge is 0.405 e. The van der Waals surface area contributed by atoms with Gasteiger partial charge in [-0.3, -0.25) is 0 Å². The van der Waals surface area contributed by atoms with Crippen LogP contribution in [0.4, 0.5) is 4.79 Å². The fraction of sp³-hybridized carbons (Fsp3) is 0.188. The third kappa shape index (κ3) is 4.12. The molecular weight excluding hydrogens is 417 g/mol. The number of carbonyl (C=O) groups is 1. The predicted molar refractivity (Wildman–Crippen MR) is 94.2 cm³/mol. The molecule has 3 N–H and O–H groups in total. The standard InChI is InChI=1S/C16H15ClINO3/c1-9-8-11(4-7-13(9)17)14(19-16(21)22)15(20)10-2-5-12(18)6-3-10/h2-8,14-15,19-20H,1H3,(H,21,22). The lowest BCUT2D eigenvalue weighted by Gasteiger charge is -2.24. The van der Waals surface area contributed by atoms with Gasteiger partial charge in [-0.15, -0.1) is 0 Å². The van der Waals surface area contributed by atoms with Crippen LogP contribution in [0.15, 0.2) is 42.5 Å². The molecule has 2 unspecified atom stereocenters. The largest absolute Gasteiger partial charge is 0.465 e. The number of aliphatic hydroxyl groups excluding tert-OH is 1. The van der Waals surface area contributed by atoms with Gasteiger partial charge in [0, 0.05) is 8.59 Å². The van der Waals surface area contributed by atoms with Crippen LogP contribution in [-0.4, -0.2) is 16.3 Å². The molecule has 0 saturated carbocycles. The van der Waals surface area contributed by atoms with Crippen molar-refractivity contribution in [1.82, 2.24) is 5.32 Å². The van der Waals surface area contributed by atoms with Crippen molar-refractivity contribution in [3.63, 3.8) is 0 Å². The quantitative estimate of drug-likeness (QED) is 0.632. The molecule has 0 spiro atoms. The number of halogens is 2. The number of carboxylic acid groups (broad SMARTS) is 1. The van der Waals surface area contributed by atoms with Crippen molar-refractivity contribution in [3.05, 3.63) is 67.7 Å². The van der Waals surface area contributed by atoms with E-state index in [0.29, 0.717) is 16.1 Å². The van der Waals surface area contributed by atoms with Crippen LogP contribution in [-0.2, 0) is 0 Å². The number of benzene rings is 2. The van der Waals surface area contributed by atoms with Crippen LogP contribution in [0, 0.1) is 10.5 Å². The number of aryl methyl sites for hydroxylation is 1.